The molecule has 3 nitrogen and oxygen atoms in total. The van der Waals surface area contributed by atoms with Gasteiger partial charge in [-0.25, -0.2) is 0 Å². The minimum absolute atomic E-state index is 0.0570. The van der Waals surface area contributed by atoms with Crippen LogP contribution >= 0.6 is 15.9 Å². The van der Waals surface area contributed by atoms with Crippen LogP contribution in [0.15, 0.2) is 0 Å². The molecule has 0 radical (unpaired) electrons. The number of hydrogen-bond acceptors (Lipinski definition) is 2. The Bertz CT molecular complexity index is 202. The fourth-order valence-corrected chi connectivity index (χ4v) is 2.69. The molecule has 1 rings (SSSR count). The van der Waals surface area contributed by atoms with Gasteiger partial charge in [0, 0.05) is 17.5 Å². The Labute approximate surface area is 100 Å². The van der Waals surface area contributed by atoms with Crippen molar-refractivity contribution in [2.24, 2.45) is 5.92 Å². The van der Waals surface area contributed by atoms with Crippen molar-refractivity contribution in [3.8, 4) is 0 Å². The Hall–Kier alpha value is -0.0900. The molecule has 88 valence electrons. The Balaban J connectivity index is 2.53. The SMILES string of the molecule is CCC(CC)(CBr)NC(=O)C1CCOC1. The predicted octanol–water partition coefficient (Wildman–Crippen LogP) is 2.09. The highest BCUT2D eigenvalue weighted by molar-refractivity contribution is 9.09. The van der Waals surface area contributed by atoms with Gasteiger partial charge in [-0.3, -0.25) is 4.79 Å². The fourth-order valence-electron chi connectivity index (χ4n) is 1.75. The molecule has 0 saturated carbocycles. The van der Waals surface area contributed by atoms with Gasteiger partial charge in [-0.2, -0.15) is 0 Å². The van der Waals surface area contributed by atoms with E-state index in [-0.39, 0.29) is 17.4 Å². The lowest BCUT2D eigenvalue weighted by molar-refractivity contribution is -0.126. The van der Waals surface area contributed by atoms with Gasteiger partial charge < -0.3 is 10.1 Å². The van der Waals surface area contributed by atoms with Crippen LogP contribution in [0.4, 0.5) is 0 Å². The molecule has 1 amide bonds. The second kappa shape index (κ2) is 5.85. The van der Waals surface area contributed by atoms with Crippen LogP contribution in [-0.4, -0.2) is 30.0 Å². The van der Waals surface area contributed by atoms with E-state index >= 15 is 0 Å². The van der Waals surface area contributed by atoms with Crippen LogP contribution < -0.4 is 5.32 Å². The number of amides is 1. The highest BCUT2D eigenvalue weighted by atomic mass is 79.9. The molecule has 0 spiro atoms. The summed E-state index contributed by atoms with van der Waals surface area (Å²) >= 11 is 3.48. The van der Waals surface area contributed by atoms with Gasteiger partial charge in [-0.15, -0.1) is 0 Å². The van der Waals surface area contributed by atoms with Gasteiger partial charge in [0.25, 0.3) is 0 Å². The van der Waals surface area contributed by atoms with Crippen LogP contribution in [0.1, 0.15) is 33.1 Å². The monoisotopic (exact) mass is 277 g/mol. The summed E-state index contributed by atoms with van der Waals surface area (Å²) in [6.45, 7) is 5.52. The molecule has 4 heteroatoms. The largest absolute Gasteiger partial charge is 0.381 e. The highest BCUT2D eigenvalue weighted by Gasteiger charge is 2.31. The third kappa shape index (κ3) is 3.18. The molecule has 1 aliphatic heterocycles. The number of halogens is 1. The van der Waals surface area contributed by atoms with E-state index in [1.165, 1.54) is 0 Å². The maximum atomic E-state index is 11.9. The normalized spacial score (nSPS) is 21.7. The second-order valence-electron chi connectivity index (χ2n) is 4.17. The van der Waals surface area contributed by atoms with Gasteiger partial charge in [0.1, 0.15) is 0 Å². The van der Waals surface area contributed by atoms with Crippen LogP contribution in [0.2, 0.25) is 0 Å². The summed E-state index contributed by atoms with van der Waals surface area (Å²) < 4.78 is 5.22. The smallest absolute Gasteiger partial charge is 0.225 e. The number of alkyl halides is 1. The zero-order chi connectivity index (χ0) is 11.3. The third-order valence-corrected chi connectivity index (χ3v) is 4.37. The van der Waals surface area contributed by atoms with E-state index in [1.807, 2.05) is 0 Å². The number of ether oxygens (including phenoxy) is 1. The summed E-state index contributed by atoms with van der Waals surface area (Å²) in [5, 5.41) is 3.97. The predicted molar refractivity (Wildman–Crippen MR) is 64.2 cm³/mol. The number of carbonyl (C=O) groups excluding carboxylic acids is 1. The van der Waals surface area contributed by atoms with Crippen molar-refractivity contribution in [3.63, 3.8) is 0 Å². The van der Waals surface area contributed by atoms with Crippen LogP contribution in [0, 0.1) is 5.92 Å². The molecule has 1 saturated heterocycles. The molecule has 1 N–H and O–H groups in total. The molecular weight excluding hydrogens is 258 g/mol. The van der Waals surface area contributed by atoms with Gasteiger partial charge in [0.2, 0.25) is 5.91 Å². The second-order valence-corrected chi connectivity index (χ2v) is 4.73. The number of rotatable bonds is 5. The van der Waals surface area contributed by atoms with Gasteiger partial charge in [0.15, 0.2) is 0 Å². The average Bonchev–Trinajstić information content (AvgIpc) is 2.79. The first-order valence-electron chi connectivity index (χ1n) is 5.63. The van der Waals surface area contributed by atoms with Crippen molar-refractivity contribution in [1.29, 1.82) is 0 Å². The first-order chi connectivity index (χ1) is 7.17. The Morgan fingerprint density at radius 3 is 2.60 bits per heavy atom. The first kappa shape index (κ1) is 13.0. The van der Waals surface area contributed by atoms with Crippen molar-refractivity contribution in [2.75, 3.05) is 18.5 Å². The zero-order valence-corrected chi connectivity index (χ0v) is 11.1. The van der Waals surface area contributed by atoms with E-state index in [0.717, 1.165) is 31.2 Å². The Morgan fingerprint density at radius 2 is 2.20 bits per heavy atom. The minimum atomic E-state index is -0.0837. The van der Waals surface area contributed by atoms with E-state index in [2.05, 4.69) is 35.1 Å². The lowest BCUT2D eigenvalue weighted by Crippen LogP contribution is -2.51. The maximum absolute atomic E-state index is 11.9. The molecule has 1 aliphatic rings. The topological polar surface area (TPSA) is 38.3 Å². The van der Waals surface area contributed by atoms with E-state index in [4.69, 9.17) is 4.74 Å². The van der Waals surface area contributed by atoms with E-state index < -0.39 is 0 Å². The van der Waals surface area contributed by atoms with Gasteiger partial charge in [0.05, 0.1) is 12.5 Å². The molecule has 15 heavy (non-hydrogen) atoms. The summed E-state index contributed by atoms with van der Waals surface area (Å²) in [6, 6.07) is 0. The minimum Gasteiger partial charge on any atom is -0.381 e. The highest BCUT2D eigenvalue weighted by Crippen LogP contribution is 2.20. The van der Waals surface area contributed by atoms with Crippen molar-refractivity contribution in [1.82, 2.24) is 5.32 Å². The summed E-state index contributed by atoms with van der Waals surface area (Å²) in [5.41, 5.74) is -0.0837. The van der Waals surface area contributed by atoms with Crippen LogP contribution in [0.25, 0.3) is 0 Å². The summed E-state index contributed by atoms with van der Waals surface area (Å²) in [7, 11) is 0. The molecule has 0 aromatic rings. The van der Waals surface area contributed by atoms with Crippen LogP contribution in [-0.2, 0) is 9.53 Å². The van der Waals surface area contributed by atoms with Gasteiger partial charge in [-0.1, -0.05) is 29.8 Å². The lowest BCUT2D eigenvalue weighted by Gasteiger charge is -2.31. The molecule has 0 aromatic carbocycles. The average molecular weight is 278 g/mol. The van der Waals surface area contributed by atoms with Gasteiger partial charge in [-0.05, 0) is 19.3 Å². The van der Waals surface area contributed by atoms with Crippen LogP contribution in [0.5, 0.6) is 0 Å². The maximum Gasteiger partial charge on any atom is 0.225 e. The molecule has 1 atom stereocenters. The standard InChI is InChI=1S/C11H20BrNO2/c1-3-11(4-2,8-12)13-10(14)9-5-6-15-7-9/h9H,3-8H2,1-2H3,(H,13,14). The van der Waals surface area contributed by atoms with Crippen LogP contribution in [0.3, 0.4) is 0 Å². The van der Waals surface area contributed by atoms with E-state index in [9.17, 15) is 4.79 Å². The molecule has 0 bridgehead atoms. The summed E-state index contributed by atoms with van der Waals surface area (Å²) in [6.07, 6.45) is 2.76. The van der Waals surface area contributed by atoms with E-state index in [1.54, 1.807) is 0 Å². The summed E-state index contributed by atoms with van der Waals surface area (Å²) in [4.78, 5) is 11.9. The molecular formula is C11H20BrNO2. The number of nitrogens with one attached hydrogen (secondary N) is 1. The quantitative estimate of drug-likeness (QED) is 0.782. The van der Waals surface area contributed by atoms with Crippen molar-refractivity contribution in [3.05, 3.63) is 0 Å². The molecule has 1 unspecified atom stereocenters. The first-order valence-corrected chi connectivity index (χ1v) is 6.75. The number of carbonyl (C=O) groups is 1. The fraction of sp³-hybridized carbons (Fsp3) is 0.909. The number of hydrogen-bond donors (Lipinski definition) is 1. The van der Waals surface area contributed by atoms with Crippen molar-refractivity contribution < 1.29 is 9.53 Å². The van der Waals surface area contributed by atoms with Crippen molar-refractivity contribution >= 4 is 21.8 Å². The third-order valence-electron chi connectivity index (χ3n) is 3.30. The molecule has 1 fully saturated rings. The molecule has 0 aromatic heterocycles. The lowest BCUT2D eigenvalue weighted by atomic mass is 9.94. The van der Waals surface area contributed by atoms with Gasteiger partial charge >= 0.3 is 0 Å². The summed E-state index contributed by atoms with van der Waals surface area (Å²) in [5.74, 6) is 0.206. The molecule has 0 aliphatic carbocycles. The zero-order valence-electron chi connectivity index (χ0n) is 9.51. The van der Waals surface area contributed by atoms with Crippen molar-refractivity contribution in [2.45, 2.75) is 38.6 Å². The molecule has 1 heterocycles. The Kier molecular flexibility index (Phi) is 5.06. The Morgan fingerprint density at radius 1 is 1.53 bits per heavy atom. The van der Waals surface area contributed by atoms with E-state index in [0.29, 0.717) is 6.61 Å².